The summed E-state index contributed by atoms with van der Waals surface area (Å²) in [6.45, 7) is 4.00. The zero-order chi connectivity index (χ0) is 15.0. The fourth-order valence-corrected chi connectivity index (χ4v) is 2.02. The van der Waals surface area contributed by atoms with Crippen LogP contribution < -0.4 is 20.5 Å². The van der Waals surface area contributed by atoms with Gasteiger partial charge in [-0.2, -0.15) is 0 Å². The van der Waals surface area contributed by atoms with E-state index in [-0.39, 0.29) is 19.2 Å². The van der Waals surface area contributed by atoms with E-state index in [0.717, 1.165) is 11.5 Å². The number of carbonyl (C=O) groups excluding carboxylic acids is 1. The number of nitrogens with two attached hydrogens (primary N) is 1. The van der Waals surface area contributed by atoms with Crippen LogP contribution in [0, 0.1) is 13.8 Å². The molecule has 1 aliphatic heterocycles. The number of anilines is 1. The number of hydrogen-bond acceptors (Lipinski definition) is 6. The van der Waals surface area contributed by atoms with Crippen LogP contribution in [0.1, 0.15) is 27.7 Å². The molecule has 7 heteroatoms. The Morgan fingerprint density at radius 1 is 1.33 bits per heavy atom. The molecule has 0 atom stereocenters. The molecule has 3 rings (SSSR count). The molecule has 0 bridgehead atoms. The van der Waals surface area contributed by atoms with Crippen molar-refractivity contribution in [3.8, 4) is 11.5 Å². The summed E-state index contributed by atoms with van der Waals surface area (Å²) in [5.74, 6) is 1.93. The summed E-state index contributed by atoms with van der Waals surface area (Å²) >= 11 is 0. The first-order valence-corrected chi connectivity index (χ1v) is 6.45. The lowest BCUT2D eigenvalue weighted by atomic mass is 10.1. The summed E-state index contributed by atoms with van der Waals surface area (Å²) in [6, 6.07) is 3.15. The van der Waals surface area contributed by atoms with Crippen LogP contribution >= 0.6 is 0 Å². The number of amides is 1. The number of nitrogens with zero attached hydrogens (tertiary/aromatic N) is 1. The van der Waals surface area contributed by atoms with Gasteiger partial charge in [0.2, 0.25) is 12.7 Å². The monoisotopic (exact) mass is 289 g/mol. The minimum absolute atomic E-state index is 0.134. The van der Waals surface area contributed by atoms with Crippen molar-refractivity contribution in [2.75, 3.05) is 12.5 Å². The Kier molecular flexibility index (Phi) is 3.17. The number of carbonyl (C=O) groups is 1. The maximum Gasteiger partial charge on any atom is 0.253 e. The number of hydrogen-bond donors (Lipinski definition) is 2. The van der Waals surface area contributed by atoms with Gasteiger partial charge in [-0.05, 0) is 19.9 Å². The first-order valence-electron chi connectivity index (χ1n) is 6.45. The topological polar surface area (TPSA) is 99.6 Å². The third-order valence-electron chi connectivity index (χ3n) is 3.26. The number of ether oxygens (including phenoxy) is 2. The number of rotatable bonds is 3. The van der Waals surface area contributed by atoms with Crippen LogP contribution in [-0.2, 0) is 6.54 Å². The van der Waals surface area contributed by atoms with Crippen LogP contribution in [0.2, 0.25) is 0 Å². The van der Waals surface area contributed by atoms with Gasteiger partial charge in [-0.25, -0.2) is 4.98 Å². The van der Waals surface area contributed by atoms with Gasteiger partial charge < -0.3 is 24.9 Å². The van der Waals surface area contributed by atoms with E-state index >= 15 is 0 Å². The second-order valence-electron chi connectivity index (χ2n) is 4.72. The molecule has 0 unspecified atom stereocenters. The molecule has 1 aliphatic rings. The summed E-state index contributed by atoms with van der Waals surface area (Å²) in [5.41, 5.74) is 7.33. The molecule has 0 saturated carbocycles. The van der Waals surface area contributed by atoms with E-state index in [1.807, 2.05) is 13.8 Å². The molecule has 0 spiro atoms. The molecule has 1 aromatic heterocycles. The van der Waals surface area contributed by atoms with Crippen molar-refractivity contribution in [3.63, 3.8) is 0 Å². The number of nitrogen functional groups attached to an aromatic ring is 1. The number of aromatic nitrogens is 1. The largest absolute Gasteiger partial charge is 0.454 e. The Hall–Kier alpha value is -2.70. The average molecular weight is 289 g/mol. The van der Waals surface area contributed by atoms with Crippen molar-refractivity contribution in [3.05, 3.63) is 35.0 Å². The highest BCUT2D eigenvalue weighted by atomic mass is 16.7. The van der Waals surface area contributed by atoms with Crippen LogP contribution in [0.15, 0.2) is 16.5 Å². The fourth-order valence-electron chi connectivity index (χ4n) is 2.02. The standard InChI is InChI=1S/C14H15N3O4/c1-7-8(2)21-13(17-7)5-16-14(18)9-3-11-12(4-10(9)15)20-6-19-11/h3-4H,5-6,15H2,1-2H3,(H,16,18). The van der Waals surface area contributed by atoms with Gasteiger partial charge in [-0.1, -0.05) is 0 Å². The predicted molar refractivity (Wildman–Crippen MR) is 74.1 cm³/mol. The van der Waals surface area contributed by atoms with E-state index in [1.165, 1.54) is 0 Å². The zero-order valence-electron chi connectivity index (χ0n) is 11.7. The molecular weight excluding hydrogens is 274 g/mol. The van der Waals surface area contributed by atoms with Gasteiger partial charge in [0.15, 0.2) is 11.5 Å². The van der Waals surface area contributed by atoms with Gasteiger partial charge in [0, 0.05) is 11.8 Å². The van der Waals surface area contributed by atoms with E-state index in [1.54, 1.807) is 12.1 Å². The van der Waals surface area contributed by atoms with E-state index < -0.39 is 0 Å². The van der Waals surface area contributed by atoms with Gasteiger partial charge >= 0.3 is 0 Å². The molecular formula is C14H15N3O4. The minimum Gasteiger partial charge on any atom is -0.454 e. The molecule has 3 N–H and O–H groups in total. The molecule has 2 aromatic rings. The van der Waals surface area contributed by atoms with Crippen molar-refractivity contribution >= 4 is 11.6 Å². The Labute approximate surface area is 121 Å². The molecule has 21 heavy (non-hydrogen) atoms. The predicted octanol–water partition coefficient (Wildman–Crippen LogP) is 1.53. The quantitative estimate of drug-likeness (QED) is 0.831. The van der Waals surface area contributed by atoms with E-state index in [4.69, 9.17) is 19.6 Å². The Morgan fingerprint density at radius 2 is 2.05 bits per heavy atom. The minimum atomic E-state index is -0.320. The van der Waals surface area contributed by atoms with Crippen LogP contribution in [0.3, 0.4) is 0 Å². The molecule has 7 nitrogen and oxygen atoms in total. The van der Waals surface area contributed by atoms with Gasteiger partial charge in [-0.15, -0.1) is 0 Å². The Balaban J connectivity index is 1.73. The maximum absolute atomic E-state index is 12.2. The van der Waals surface area contributed by atoms with E-state index in [0.29, 0.717) is 28.6 Å². The molecule has 0 aliphatic carbocycles. The van der Waals surface area contributed by atoms with E-state index in [9.17, 15) is 4.79 Å². The second-order valence-corrected chi connectivity index (χ2v) is 4.72. The second kappa shape index (κ2) is 5.01. The highest BCUT2D eigenvalue weighted by Crippen LogP contribution is 2.35. The molecule has 0 radical (unpaired) electrons. The normalized spacial score (nSPS) is 12.5. The summed E-state index contributed by atoms with van der Waals surface area (Å²) in [7, 11) is 0. The van der Waals surface area contributed by atoms with Gasteiger partial charge in [-0.3, -0.25) is 4.79 Å². The highest BCUT2D eigenvalue weighted by molar-refractivity contribution is 6.00. The van der Waals surface area contributed by atoms with Crippen LogP contribution in [0.5, 0.6) is 11.5 Å². The number of aryl methyl sites for hydroxylation is 2. The SMILES string of the molecule is Cc1nc(CNC(=O)c2cc3c(cc2N)OCO3)oc1C. The van der Waals surface area contributed by atoms with Crippen molar-refractivity contribution in [1.29, 1.82) is 0 Å². The van der Waals surface area contributed by atoms with Crippen molar-refractivity contribution in [2.24, 2.45) is 0 Å². The molecule has 110 valence electrons. The third-order valence-corrected chi connectivity index (χ3v) is 3.26. The van der Waals surface area contributed by atoms with Crippen molar-refractivity contribution in [1.82, 2.24) is 10.3 Å². The fraction of sp³-hybridized carbons (Fsp3) is 0.286. The summed E-state index contributed by atoms with van der Waals surface area (Å²) < 4.78 is 15.8. The molecule has 1 aromatic carbocycles. The molecule has 0 fully saturated rings. The van der Waals surface area contributed by atoms with E-state index in [2.05, 4.69) is 10.3 Å². The third kappa shape index (κ3) is 2.49. The average Bonchev–Trinajstić information content (AvgIpc) is 3.02. The zero-order valence-corrected chi connectivity index (χ0v) is 11.7. The lowest BCUT2D eigenvalue weighted by Gasteiger charge is -2.07. The van der Waals surface area contributed by atoms with Gasteiger partial charge in [0.25, 0.3) is 5.91 Å². The highest BCUT2D eigenvalue weighted by Gasteiger charge is 2.20. The van der Waals surface area contributed by atoms with Gasteiger partial charge in [0.1, 0.15) is 5.76 Å². The Morgan fingerprint density at radius 3 is 2.71 bits per heavy atom. The number of oxazole rings is 1. The Bertz CT molecular complexity index is 689. The molecule has 2 heterocycles. The number of nitrogens with one attached hydrogen (secondary N) is 1. The summed E-state index contributed by atoms with van der Waals surface area (Å²) in [4.78, 5) is 16.4. The lowest BCUT2D eigenvalue weighted by molar-refractivity contribution is 0.0947. The summed E-state index contributed by atoms with van der Waals surface area (Å²) in [5, 5.41) is 2.72. The molecule has 0 saturated heterocycles. The first kappa shape index (κ1) is 13.3. The smallest absolute Gasteiger partial charge is 0.253 e. The maximum atomic E-state index is 12.2. The van der Waals surface area contributed by atoms with Crippen LogP contribution in [0.25, 0.3) is 0 Å². The van der Waals surface area contributed by atoms with Crippen molar-refractivity contribution < 1.29 is 18.7 Å². The van der Waals surface area contributed by atoms with Crippen LogP contribution in [-0.4, -0.2) is 17.7 Å². The lowest BCUT2D eigenvalue weighted by Crippen LogP contribution is -2.24. The van der Waals surface area contributed by atoms with Crippen molar-refractivity contribution in [2.45, 2.75) is 20.4 Å². The number of fused-ring (bicyclic) bond motifs is 1. The number of benzene rings is 1. The molecule has 1 amide bonds. The van der Waals surface area contributed by atoms with Gasteiger partial charge in [0.05, 0.1) is 17.8 Å². The van der Waals surface area contributed by atoms with Crippen LogP contribution in [0.4, 0.5) is 5.69 Å². The summed E-state index contributed by atoms with van der Waals surface area (Å²) in [6.07, 6.45) is 0. The first-order chi connectivity index (χ1) is 10.0.